The fourth-order valence-electron chi connectivity index (χ4n) is 2.25. The Morgan fingerprint density at radius 1 is 0.960 bits per heavy atom. The number of benzene rings is 2. The number of carbonyl (C=O) groups excluding carboxylic acids is 1. The SMILES string of the molecule is CCCc1ccc(S(=O)(=O)Nc2ccc(NC(=O)C(C)C)cc2)cc1. The maximum absolute atomic E-state index is 12.4. The Morgan fingerprint density at radius 2 is 1.52 bits per heavy atom. The highest BCUT2D eigenvalue weighted by molar-refractivity contribution is 7.92. The second-order valence-corrected chi connectivity index (χ2v) is 7.90. The molecule has 134 valence electrons. The Hall–Kier alpha value is -2.34. The van der Waals surface area contributed by atoms with E-state index in [1.165, 1.54) is 0 Å². The summed E-state index contributed by atoms with van der Waals surface area (Å²) in [5.74, 6) is -0.200. The van der Waals surface area contributed by atoms with Crippen molar-refractivity contribution in [2.75, 3.05) is 10.0 Å². The minimum atomic E-state index is -3.63. The van der Waals surface area contributed by atoms with Crippen LogP contribution in [0.1, 0.15) is 32.8 Å². The van der Waals surface area contributed by atoms with E-state index in [2.05, 4.69) is 17.0 Å². The van der Waals surface area contributed by atoms with E-state index in [9.17, 15) is 13.2 Å². The van der Waals surface area contributed by atoms with Gasteiger partial charge in [-0.05, 0) is 48.4 Å². The van der Waals surface area contributed by atoms with E-state index in [-0.39, 0.29) is 16.7 Å². The second-order valence-electron chi connectivity index (χ2n) is 6.22. The lowest BCUT2D eigenvalue weighted by atomic mass is 10.1. The van der Waals surface area contributed by atoms with E-state index >= 15 is 0 Å². The fourth-order valence-corrected chi connectivity index (χ4v) is 3.30. The molecule has 6 heteroatoms. The molecule has 0 saturated carbocycles. The normalized spacial score (nSPS) is 11.4. The molecule has 0 unspecified atom stereocenters. The first-order valence-corrected chi connectivity index (χ1v) is 9.83. The first-order chi connectivity index (χ1) is 11.8. The summed E-state index contributed by atoms with van der Waals surface area (Å²) in [4.78, 5) is 11.9. The van der Waals surface area contributed by atoms with Crippen molar-refractivity contribution in [2.24, 2.45) is 5.92 Å². The largest absolute Gasteiger partial charge is 0.326 e. The number of hydrogen-bond acceptors (Lipinski definition) is 3. The van der Waals surface area contributed by atoms with Gasteiger partial charge in [0, 0.05) is 17.3 Å². The van der Waals surface area contributed by atoms with Crippen LogP contribution in [0.2, 0.25) is 0 Å². The van der Waals surface area contributed by atoms with Crippen LogP contribution in [0.25, 0.3) is 0 Å². The van der Waals surface area contributed by atoms with Crippen molar-refractivity contribution >= 4 is 27.3 Å². The fraction of sp³-hybridized carbons (Fsp3) is 0.316. The molecule has 0 aliphatic heterocycles. The first kappa shape index (κ1) is 19.0. The summed E-state index contributed by atoms with van der Waals surface area (Å²) in [5.41, 5.74) is 2.19. The maximum Gasteiger partial charge on any atom is 0.261 e. The van der Waals surface area contributed by atoms with E-state index < -0.39 is 10.0 Å². The highest BCUT2D eigenvalue weighted by atomic mass is 32.2. The molecular formula is C19H24N2O3S. The Morgan fingerprint density at radius 3 is 2.04 bits per heavy atom. The lowest BCUT2D eigenvalue weighted by Crippen LogP contribution is -2.17. The lowest BCUT2D eigenvalue weighted by Gasteiger charge is -2.11. The van der Waals surface area contributed by atoms with Gasteiger partial charge in [-0.25, -0.2) is 8.42 Å². The Kier molecular flexibility index (Phi) is 6.20. The molecule has 2 aromatic carbocycles. The molecule has 2 rings (SSSR count). The minimum absolute atomic E-state index is 0.0829. The Balaban J connectivity index is 2.08. The Labute approximate surface area is 149 Å². The number of anilines is 2. The van der Waals surface area contributed by atoms with Crippen LogP contribution >= 0.6 is 0 Å². The third-order valence-electron chi connectivity index (χ3n) is 3.70. The number of nitrogens with one attached hydrogen (secondary N) is 2. The van der Waals surface area contributed by atoms with Gasteiger partial charge in [0.15, 0.2) is 0 Å². The molecule has 1 amide bonds. The topological polar surface area (TPSA) is 75.3 Å². The number of aryl methyl sites for hydroxylation is 1. The summed E-state index contributed by atoms with van der Waals surface area (Å²) in [7, 11) is -3.63. The third-order valence-corrected chi connectivity index (χ3v) is 5.10. The molecule has 0 bridgehead atoms. The monoisotopic (exact) mass is 360 g/mol. The number of carbonyl (C=O) groups is 1. The molecule has 0 aromatic heterocycles. The van der Waals surface area contributed by atoms with Crippen molar-refractivity contribution < 1.29 is 13.2 Å². The van der Waals surface area contributed by atoms with E-state index in [0.29, 0.717) is 11.4 Å². The predicted molar refractivity (Wildman–Crippen MR) is 101 cm³/mol. The smallest absolute Gasteiger partial charge is 0.261 e. The van der Waals surface area contributed by atoms with Gasteiger partial charge in [0.05, 0.1) is 4.90 Å². The van der Waals surface area contributed by atoms with Crippen LogP contribution in [-0.2, 0) is 21.2 Å². The van der Waals surface area contributed by atoms with Gasteiger partial charge in [0.2, 0.25) is 5.91 Å². The van der Waals surface area contributed by atoms with Crippen LogP contribution in [0.15, 0.2) is 53.4 Å². The van der Waals surface area contributed by atoms with Crippen LogP contribution in [-0.4, -0.2) is 14.3 Å². The zero-order valence-corrected chi connectivity index (χ0v) is 15.6. The molecule has 0 atom stereocenters. The number of hydrogen-bond donors (Lipinski definition) is 2. The van der Waals surface area contributed by atoms with Crippen LogP contribution in [0, 0.1) is 5.92 Å². The van der Waals surface area contributed by atoms with Crippen molar-refractivity contribution in [1.82, 2.24) is 0 Å². The second kappa shape index (κ2) is 8.16. The van der Waals surface area contributed by atoms with Crippen LogP contribution in [0.4, 0.5) is 11.4 Å². The zero-order chi connectivity index (χ0) is 18.4. The zero-order valence-electron chi connectivity index (χ0n) is 14.7. The van der Waals surface area contributed by atoms with Crippen molar-refractivity contribution in [3.63, 3.8) is 0 Å². The average molecular weight is 360 g/mol. The summed E-state index contributed by atoms with van der Waals surface area (Å²) in [6.45, 7) is 5.70. The molecule has 0 radical (unpaired) electrons. The summed E-state index contributed by atoms with van der Waals surface area (Å²) in [6, 6.07) is 13.5. The van der Waals surface area contributed by atoms with Gasteiger partial charge in [-0.2, -0.15) is 0 Å². The summed E-state index contributed by atoms with van der Waals surface area (Å²) < 4.78 is 27.4. The molecule has 2 aromatic rings. The van der Waals surface area contributed by atoms with E-state index in [1.54, 1.807) is 36.4 Å². The van der Waals surface area contributed by atoms with Gasteiger partial charge in [-0.3, -0.25) is 9.52 Å². The highest BCUT2D eigenvalue weighted by Crippen LogP contribution is 2.19. The molecular weight excluding hydrogens is 336 g/mol. The van der Waals surface area contributed by atoms with E-state index in [4.69, 9.17) is 0 Å². The quantitative estimate of drug-likeness (QED) is 0.782. The van der Waals surface area contributed by atoms with Crippen molar-refractivity contribution in [1.29, 1.82) is 0 Å². The van der Waals surface area contributed by atoms with Gasteiger partial charge >= 0.3 is 0 Å². The highest BCUT2D eigenvalue weighted by Gasteiger charge is 2.14. The molecule has 5 nitrogen and oxygen atoms in total. The molecule has 0 aliphatic rings. The lowest BCUT2D eigenvalue weighted by molar-refractivity contribution is -0.118. The van der Waals surface area contributed by atoms with Crippen molar-refractivity contribution in [2.45, 2.75) is 38.5 Å². The Bertz CT molecular complexity index is 811. The maximum atomic E-state index is 12.4. The van der Waals surface area contributed by atoms with E-state index in [0.717, 1.165) is 18.4 Å². The minimum Gasteiger partial charge on any atom is -0.326 e. The third kappa shape index (κ3) is 5.32. The van der Waals surface area contributed by atoms with Crippen LogP contribution in [0.3, 0.4) is 0 Å². The summed E-state index contributed by atoms with van der Waals surface area (Å²) in [6.07, 6.45) is 1.95. The van der Waals surface area contributed by atoms with Crippen molar-refractivity contribution in [3.05, 3.63) is 54.1 Å². The average Bonchev–Trinajstić information content (AvgIpc) is 2.57. The van der Waals surface area contributed by atoms with Gasteiger partial charge in [-0.15, -0.1) is 0 Å². The summed E-state index contributed by atoms with van der Waals surface area (Å²) >= 11 is 0. The molecule has 0 aliphatic carbocycles. The molecule has 0 heterocycles. The predicted octanol–water partition coefficient (Wildman–Crippen LogP) is 4.03. The number of sulfonamides is 1. The van der Waals surface area contributed by atoms with Crippen LogP contribution in [0.5, 0.6) is 0 Å². The summed E-state index contributed by atoms with van der Waals surface area (Å²) in [5, 5.41) is 2.77. The van der Waals surface area contributed by atoms with E-state index in [1.807, 2.05) is 26.0 Å². The van der Waals surface area contributed by atoms with Crippen LogP contribution < -0.4 is 10.0 Å². The standard InChI is InChI=1S/C19H24N2O3S/c1-4-5-15-6-12-18(13-7-15)25(23,24)21-17-10-8-16(9-11-17)20-19(22)14(2)3/h6-14,21H,4-5H2,1-3H3,(H,20,22). The van der Waals surface area contributed by atoms with Gasteiger partial charge in [0.25, 0.3) is 10.0 Å². The molecule has 0 fully saturated rings. The molecule has 2 N–H and O–H groups in total. The number of rotatable bonds is 7. The first-order valence-electron chi connectivity index (χ1n) is 8.34. The van der Waals surface area contributed by atoms with Gasteiger partial charge < -0.3 is 5.32 Å². The molecule has 0 spiro atoms. The van der Waals surface area contributed by atoms with Gasteiger partial charge in [-0.1, -0.05) is 39.3 Å². The number of amides is 1. The van der Waals surface area contributed by atoms with Gasteiger partial charge in [0.1, 0.15) is 0 Å². The molecule has 0 saturated heterocycles. The molecule has 25 heavy (non-hydrogen) atoms. The van der Waals surface area contributed by atoms with Crippen molar-refractivity contribution in [3.8, 4) is 0 Å².